The Kier molecular flexibility index (Phi) is 6.42. The fourth-order valence-corrected chi connectivity index (χ4v) is 5.63. The monoisotopic (exact) mass is 430 g/mol. The maximum absolute atomic E-state index is 13.2. The molecule has 0 bridgehead atoms. The van der Waals surface area contributed by atoms with Gasteiger partial charge in [0.15, 0.2) is 19.5 Å². The standard InChI is InChI=1S/C24H34O5Si/c1-23(2,3)30(5,6)29-19-13-15-21(28-16-17-10-8-7-9-11-17)24(22(26)27-4)18(19)12-14-20(24)25/h7-11,13,15,18-19,21H,12,14,16H2,1-6H3. The van der Waals surface area contributed by atoms with E-state index in [-0.39, 0.29) is 22.8 Å². The second-order valence-electron chi connectivity index (χ2n) is 9.87. The van der Waals surface area contributed by atoms with Crippen LogP contribution in [0.5, 0.6) is 0 Å². The lowest BCUT2D eigenvalue weighted by atomic mass is 9.67. The quantitative estimate of drug-likeness (QED) is 0.284. The molecule has 1 fully saturated rings. The summed E-state index contributed by atoms with van der Waals surface area (Å²) in [6.45, 7) is 11.3. The van der Waals surface area contributed by atoms with Crippen LogP contribution in [0.3, 0.4) is 0 Å². The van der Waals surface area contributed by atoms with Gasteiger partial charge in [0.25, 0.3) is 0 Å². The van der Waals surface area contributed by atoms with Crippen LogP contribution in [0.4, 0.5) is 0 Å². The zero-order chi connectivity index (χ0) is 22.2. The van der Waals surface area contributed by atoms with Crippen LogP contribution in [0.2, 0.25) is 18.1 Å². The normalized spacial score (nSPS) is 29.0. The molecular formula is C24H34O5Si. The topological polar surface area (TPSA) is 61.8 Å². The van der Waals surface area contributed by atoms with Gasteiger partial charge in [0.2, 0.25) is 0 Å². The third-order valence-electron chi connectivity index (χ3n) is 7.08. The Morgan fingerprint density at radius 3 is 2.43 bits per heavy atom. The molecule has 164 valence electrons. The van der Waals surface area contributed by atoms with Crippen molar-refractivity contribution >= 4 is 20.1 Å². The van der Waals surface area contributed by atoms with Gasteiger partial charge in [-0.2, -0.15) is 0 Å². The van der Waals surface area contributed by atoms with Crippen LogP contribution in [-0.2, 0) is 30.1 Å². The molecule has 0 aromatic heterocycles. The molecule has 2 aliphatic carbocycles. The largest absolute Gasteiger partial charge is 0.468 e. The van der Waals surface area contributed by atoms with Crippen molar-refractivity contribution in [1.82, 2.24) is 0 Å². The van der Waals surface area contributed by atoms with Crippen molar-refractivity contribution in [1.29, 1.82) is 0 Å². The highest BCUT2D eigenvalue weighted by Gasteiger charge is 2.65. The Balaban J connectivity index is 1.95. The summed E-state index contributed by atoms with van der Waals surface area (Å²) in [5.74, 6) is -0.899. The SMILES string of the molecule is COC(=O)C12C(=O)CCC1C(O[Si](C)(C)C(C)(C)C)C=CC2OCc1ccccc1. The van der Waals surface area contributed by atoms with Gasteiger partial charge in [-0.1, -0.05) is 63.3 Å². The number of ether oxygens (including phenoxy) is 2. The Hall–Kier alpha value is -1.76. The summed E-state index contributed by atoms with van der Waals surface area (Å²) in [4.78, 5) is 26.3. The molecule has 1 aromatic carbocycles. The Bertz CT molecular complexity index is 811. The van der Waals surface area contributed by atoms with E-state index in [0.29, 0.717) is 19.4 Å². The molecule has 0 radical (unpaired) electrons. The van der Waals surface area contributed by atoms with E-state index in [1.54, 1.807) is 0 Å². The molecule has 0 aliphatic heterocycles. The third kappa shape index (κ3) is 3.93. The van der Waals surface area contributed by atoms with Crippen LogP contribution < -0.4 is 0 Å². The Morgan fingerprint density at radius 1 is 1.17 bits per heavy atom. The lowest BCUT2D eigenvalue weighted by Gasteiger charge is -2.46. The minimum absolute atomic E-state index is 0.0258. The van der Waals surface area contributed by atoms with Crippen LogP contribution >= 0.6 is 0 Å². The van der Waals surface area contributed by atoms with Crippen LogP contribution in [0, 0.1) is 11.3 Å². The maximum atomic E-state index is 13.2. The van der Waals surface area contributed by atoms with Crippen molar-refractivity contribution in [2.75, 3.05) is 7.11 Å². The van der Waals surface area contributed by atoms with Crippen molar-refractivity contribution in [3.8, 4) is 0 Å². The molecule has 6 heteroatoms. The molecule has 0 saturated heterocycles. The fraction of sp³-hybridized carbons (Fsp3) is 0.583. The van der Waals surface area contributed by atoms with Crippen LogP contribution in [0.25, 0.3) is 0 Å². The molecule has 5 nitrogen and oxygen atoms in total. The highest BCUT2D eigenvalue weighted by Crippen LogP contribution is 2.52. The summed E-state index contributed by atoms with van der Waals surface area (Å²) < 4.78 is 18.0. The predicted molar refractivity (Wildman–Crippen MR) is 118 cm³/mol. The van der Waals surface area contributed by atoms with E-state index in [1.807, 2.05) is 42.5 Å². The van der Waals surface area contributed by atoms with E-state index < -0.39 is 25.8 Å². The van der Waals surface area contributed by atoms with E-state index in [4.69, 9.17) is 13.9 Å². The van der Waals surface area contributed by atoms with E-state index in [9.17, 15) is 9.59 Å². The first-order valence-corrected chi connectivity index (χ1v) is 13.6. The van der Waals surface area contributed by atoms with Gasteiger partial charge >= 0.3 is 5.97 Å². The summed E-state index contributed by atoms with van der Waals surface area (Å²) in [6.07, 6.45) is 3.82. The zero-order valence-corrected chi connectivity index (χ0v) is 19.9. The van der Waals surface area contributed by atoms with Gasteiger partial charge in [-0.25, -0.2) is 0 Å². The first kappa shape index (κ1) is 22.9. The van der Waals surface area contributed by atoms with E-state index in [1.165, 1.54) is 7.11 Å². The summed E-state index contributed by atoms with van der Waals surface area (Å²) in [5, 5.41) is 0.0258. The highest BCUT2D eigenvalue weighted by atomic mass is 28.4. The number of methoxy groups -OCH3 is 1. The molecule has 2 aliphatic rings. The Labute approximate surface area is 180 Å². The number of Topliss-reactive ketones (excluding diaryl/α,β-unsaturated/α-hetero) is 1. The number of carbonyl (C=O) groups excluding carboxylic acids is 2. The molecule has 3 rings (SSSR count). The summed E-state index contributed by atoms with van der Waals surface area (Å²) in [6, 6.07) is 9.76. The molecular weight excluding hydrogens is 396 g/mol. The number of benzene rings is 1. The molecule has 4 unspecified atom stereocenters. The Morgan fingerprint density at radius 2 is 1.83 bits per heavy atom. The first-order valence-electron chi connectivity index (χ1n) is 10.7. The van der Waals surface area contributed by atoms with Gasteiger partial charge in [0.05, 0.1) is 25.9 Å². The first-order chi connectivity index (χ1) is 14.0. The summed E-state index contributed by atoms with van der Waals surface area (Å²) in [5.41, 5.74) is -0.349. The number of rotatable bonds is 6. The second kappa shape index (κ2) is 8.40. The number of hydrogen-bond acceptors (Lipinski definition) is 5. The molecule has 30 heavy (non-hydrogen) atoms. The van der Waals surface area contributed by atoms with E-state index in [0.717, 1.165) is 5.56 Å². The molecule has 0 amide bonds. The molecule has 0 heterocycles. The number of carbonyl (C=O) groups is 2. The zero-order valence-electron chi connectivity index (χ0n) is 18.9. The van der Waals surface area contributed by atoms with Crippen molar-refractivity contribution in [2.24, 2.45) is 11.3 Å². The average Bonchev–Trinajstić information content (AvgIpc) is 3.05. The van der Waals surface area contributed by atoms with Crippen molar-refractivity contribution in [3.63, 3.8) is 0 Å². The van der Waals surface area contributed by atoms with Gasteiger partial charge in [-0.3, -0.25) is 9.59 Å². The van der Waals surface area contributed by atoms with Crippen molar-refractivity contribution in [3.05, 3.63) is 48.0 Å². The van der Waals surface area contributed by atoms with Crippen molar-refractivity contribution < 1.29 is 23.5 Å². The number of hydrogen-bond donors (Lipinski definition) is 0. The smallest absolute Gasteiger partial charge is 0.322 e. The molecule has 0 N–H and O–H groups in total. The van der Waals surface area contributed by atoms with Gasteiger partial charge in [0.1, 0.15) is 0 Å². The van der Waals surface area contributed by atoms with Crippen LogP contribution in [0.15, 0.2) is 42.5 Å². The van der Waals surface area contributed by atoms with Gasteiger partial charge < -0.3 is 13.9 Å². The van der Waals surface area contributed by atoms with Crippen molar-refractivity contribution in [2.45, 2.75) is 70.6 Å². The van der Waals surface area contributed by atoms with Gasteiger partial charge in [-0.15, -0.1) is 0 Å². The number of ketones is 1. The number of fused-ring (bicyclic) bond motifs is 1. The van der Waals surface area contributed by atoms with Crippen LogP contribution in [0.1, 0.15) is 39.2 Å². The lowest BCUT2D eigenvalue weighted by molar-refractivity contribution is -0.173. The predicted octanol–water partition coefficient (Wildman–Crippen LogP) is 4.67. The van der Waals surface area contributed by atoms with Gasteiger partial charge in [0, 0.05) is 12.3 Å². The lowest BCUT2D eigenvalue weighted by Crippen LogP contribution is -2.58. The van der Waals surface area contributed by atoms with Crippen LogP contribution in [-0.4, -0.2) is 39.4 Å². The average molecular weight is 431 g/mol. The maximum Gasteiger partial charge on any atom is 0.322 e. The molecule has 4 atom stereocenters. The second-order valence-corrected chi connectivity index (χ2v) is 14.6. The number of esters is 1. The highest BCUT2D eigenvalue weighted by molar-refractivity contribution is 6.74. The van der Waals surface area contributed by atoms with Gasteiger partial charge in [-0.05, 0) is 30.1 Å². The fourth-order valence-electron chi connectivity index (χ4n) is 4.35. The minimum atomic E-state index is -2.10. The molecule has 0 spiro atoms. The van der Waals surface area contributed by atoms with E-state index in [2.05, 4.69) is 33.9 Å². The minimum Gasteiger partial charge on any atom is -0.468 e. The third-order valence-corrected chi connectivity index (χ3v) is 11.6. The summed E-state index contributed by atoms with van der Waals surface area (Å²) >= 11 is 0. The van der Waals surface area contributed by atoms with E-state index >= 15 is 0 Å². The molecule has 1 aromatic rings. The molecule has 1 saturated carbocycles. The summed E-state index contributed by atoms with van der Waals surface area (Å²) in [7, 11) is -0.757.